The maximum absolute atomic E-state index is 11.2. The van der Waals surface area contributed by atoms with Crippen molar-refractivity contribution in [1.82, 2.24) is 5.32 Å². The predicted octanol–water partition coefficient (Wildman–Crippen LogP) is 3.22. The van der Waals surface area contributed by atoms with Crippen LogP contribution in [0.1, 0.15) is 23.6 Å². The molecule has 1 aliphatic rings. The van der Waals surface area contributed by atoms with Gasteiger partial charge < -0.3 is 19.3 Å². The molecule has 3 heterocycles. The van der Waals surface area contributed by atoms with E-state index in [1.54, 1.807) is 12.5 Å². The lowest BCUT2D eigenvalue weighted by atomic mass is 9.94. The minimum Gasteiger partial charge on any atom is -0.481 e. The van der Waals surface area contributed by atoms with Gasteiger partial charge in [0.2, 0.25) is 0 Å². The van der Waals surface area contributed by atoms with Crippen LogP contribution >= 0.6 is 0 Å². The molecule has 5 nitrogen and oxygen atoms in total. The zero-order valence-electron chi connectivity index (χ0n) is 11.6. The standard InChI is InChI=1S/C16H15NO4/c1-8-10-2-4-21-15(10)13(11-3-5-20-14(8)11)12-6-9(7-17-12)16(18)19/h2-5,9,12,17H,6-7H2,1H3,(H,18,19). The van der Waals surface area contributed by atoms with Crippen LogP contribution in [0.4, 0.5) is 0 Å². The van der Waals surface area contributed by atoms with Crippen LogP contribution in [0.15, 0.2) is 33.5 Å². The lowest BCUT2D eigenvalue weighted by molar-refractivity contribution is -0.141. The highest BCUT2D eigenvalue weighted by atomic mass is 16.4. The van der Waals surface area contributed by atoms with Crippen LogP contribution in [0.25, 0.3) is 21.9 Å². The fraction of sp³-hybridized carbons (Fsp3) is 0.312. The number of aliphatic carboxylic acids is 1. The van der Waals surface area contributed by atoms with Crippen molar-refractivity contribution in [2.45, 2.75) is 19.4 Å². The summed E-state index contributed by atoms with van der Waals surface area (Å²) in [5.74, 6) is -1.11. The number of hydrogen-bond donors (Lipinski definition) is 2. The average Bonchev–Trinajstić information content (AvgIpc) is 3.19. The van der Waals surface area contributed by atoms with Gasteiger partial charge in [-0.15, -0.1) is 0 Å². The smallest absolute Gasteiger partial charge is 0.307 e. The molecule has 108 valence electrons. The molecule has 0 spiro atoms. The summed E-state index contributed by atoms with van der Waals surface area (Å²) in [7, 11) is 0. The highest BCUT2D eigenvalue weighted by molar-refractivity contribution is 6.01. The first kappa shape index (κ1) is 12.5. The number of benzene rings is 1. The molecule has 1 aromatic carbocycles. The Morgan fingerprint density at radius 1 is 1.24 bits per heavy atom. The molecule has 21 heavy (non-hydrogen) atoms. The first-order valence-electron chi connectivity index (χ1n) is 7.00. The molecule has 3 aromatic rings. The summed E-state index contributed by atoms with van der Waals surface area (Å²) in [6, 6.07) is 3.83. The third kappa shape index (κ3) is 1.70. The Morgan fingerprint density at radius 3 is 2.67 bits per heavy atom. The van der Waals surface area contributed by atoms with Crippen molar-refractivity contribution in [1.29, 1.82) is 0 Å². The van der Waals surface area contributed by atoms with Crippen molar-refractivity contribution in [2.75, 3.05) is 6.54 Å². The van der Waals surface area contributed by atoms with E-state index in [1.165, 1.54) is 0 Å². The molecule has 1 saturated heterocycles. The Hall–Kier alpha value is -2.27. The van der Waals surface area contributed by atoms with E-state index < -0.39 is 5.97 Å². The molecular weight excluding hydrogens is 270 g/mol. The van der Waals surface area contributed by atoms with Crippen molar-refractivity contribution < 1.29 is 18.7 Å². The number of furan rings is 2. The molecule has 1 fully saturated rings. The largest absolute Gasteiger partial charge is 0.481 e. The van der Waals surface area contributed by atoms with Gasteiger partial charge in [-0.3, -0.25) is 4.79 Å². The van der Waals surface area contributed by atoms with Crippen LogP contribution in [0.2, 0.25) is 0 Å². The van der Waals surface area contributed by atoms with Gasteiger partial charge in [0.15, 0.2) is 0 Å². The fourth-order valence-corrected chi connectivity index (χ4v) is 3.36. The summed E-state index contributed by atoms with van der Waals surface area (Å²) in [6.07, 6.45) is 3.90. The number of hydrogen-bond acceptors (Lipinski definition) is 4. The Morgan fingerprint density at radius 2 is 1.95 bits per heavy atom. The molecule has 5 heteroatoms. The van der Waals surface area contributed by atoms with Crippen molar-refractivity contribution in [3.63, 3.8) is 0 Å². The zero-order chi connectivity index (χ0) is 14.6. The van der Waals surface area contributed by atoms with E-state index >= 15 is 0 Å². The van der Waals surface area contributed by atoms with Crippen LogP contribution in [0, 0.1) is 12.8 Å². The second-order valence-electron chi connectivity index (χ2n) is 5.60. The number of carbonyl (C=O) groups is 1. The minimum atomic E-state index is -0.753. The van der Waals surface area contributed by atoms with Crippen LogP contribution in [-0.2, 0) is 4.79 Å². The van der Waals surface area contributed by atoms with Gasteiger partial charge in [0.1, 0.15) is 11.2 Å². The molecule has 0 radical (unpaired) electrons. The maximum atomic E-state index is 11.2. The third-order valence-corrected chi connectivity index (χ3v) is 4.44. The number of carboxylic acids is 1. The highest BCUT2D eigenvalue weighted by Crippen LogP contribution is 2.40. The molecule has 0 aliphatic carbocycles. The molecule has 0 saturated carbocycles. The first-order valence-corrected chi connectivity index (χ1v) is 7.00. The van der Waals surface area contributed by atoms with E-state index in [0.29, 0.717) is 13.0 Å². The Balaban J connectivity index is 1.94. The van der Waals surface area contributed by atoms with Gasteiger partial charge in [0.25, 0.3) is 0 Å². The third-order valence-electron chi connectivity index (χ3n) is 4.44. The van der Waals surface area contributed by atoms with E-state index in [0.717, 1.165) is 33.1 Å². The normalized spacial score (nSPS) is 22.3. The maximum Gasteiger partial charge on any atom is 0.307 e. The quantitative estimate of drug-likeness (QED) is 0.756. The van der Waals surface area contributed by atoms with Crippen LogP contribution in [0.3, 0.4) is 0 Å². The van der Waals surface area contributed by atoms with Crippen molar-refractivity contribution in [3.05, 3.63) is 35.8 Å². The monoisotopic (exact) mass is 285 g/mol. The van der Waals surface area contributed by atoms with Gasteiger partial charge in [0, 0.05) is 34.5 Å². The van der Waals surface area contributed by atoms with E-state index in [4.69, 9.17) is 8.83 Å². The van der Waals surface area contributed by atoms with Gasteiger partial charge in [-0.05, 0) is 25.5 Å². The molecule has 0 amide bonds. The number of nitrogens with one attached hydrogen (secondary N) is 1. The first-order chi connectivity index (χ1) is 10.2. The molecule has 2 unspecified atom stereocenters. The highest BCUT2D eigenvalue weighted by Gasteiger charge is 2.33. The lowest BCUT2D eigenvalue weighted by Gasteiger charge is -2.14. The SMILES string of the molecule is Cc1c2ccoc2c(C2CC(C(=O)O)CN2)c2ccoc12. The topological polar surface area (TPSA) is 75.6 Å². The molecule has 0 bridgehead atoms. The number of carboxylic acid groups (broad SMARTS) is 1. The van der Waals surface area contributed by atoms with E-state index in [1.807, 2.05) is 19.1 Å². The predicted molar refractivity (Wildman–Crippen MR) is 77.2 cm³/mol. The van der Waals surface area contributed by atoms with Gasteiger partial charge in [-0.2, -0.15) is 0 Å². The summed E-state index contributed by atoms with van der Waals surface area (Å²) in [4.78, 5) is 11.2. The lowest BCUT2D eigenvalue weighted by Crippen LogP contribution is -2.17. The van der Waals surface area contributed by atoms with Gasteiger partial charge in [0.05, 0.1) is 18.4 Å². The van der Waals surface area contributed by atoms with E-state index in [9.17, 15) is 9.90 Å². The van der Waals surface area contributed by atoms with Crippen molar-refractivity contribution in [3.8, 4) is 0 Å². The molecule has 1 aliphatic heterocycles. The summed E-state index contributed by atoms with van der Waals surface area (Å²) >= 11 is 0. The summed E-state index contributed by atoms with van der Waals surface area (Å²) < 4.78 is 11.3. The van der Waals surface area contributed by atoms with Crippen LogP contribution < -0.4 is 5.32 Å². The van der Waals surface area contributed by atoms with Crippen molar-refractivity contribution >= 4 is 27.9 Å². The van der Waals surface area contributed by atoms with E-state index in [-0.39, 0.29) is 12.0 Å². The second-order valence-corrected chi connectivity index (χ2v) is 5.60. The van der Waals surface area contributed by atoms with Gasteiger partial charge in [-0.1, -0.05) is 0 Å². The number of aryl methyl sites for hydroxylation is 1. The summed E-state index contributed by atoms with van der Waals surface area (Å²) in [5, 5.41) is 14.5. The summed E-state index contributed by atoms with van der Waals surface area (Å²) in [5.41, 5.74) is 3.73. The molecule has 4 rings (SSSR count). The number of rotatable bonds is 2. The Labute approximate surface area is 120 Å². The fourth-order valence-electron chi connectivity index (χ4n) is 3.36. The van der Waals surface area contributed by atoms with Gasteiger partial charge in [-0.25, -0.2) is 0 Å². The van der Waals surface area contributed by atoms with Gasteiger partial charge >= 0.3 is 5.97 Å². The Bertz CT molecular complexity index is 793. The molecule has 2 aromatic heterocycles. The van der Waals surface area contributed by atoms with Crippen molar-refractivity contribution in [2.24, 2.45) is 5.92 Å². The number of fused-ring (bicyclic) bond motifs is 2. The average molecular weight is 285 g/mol. The minimum absolute atomic E-state index is 0.0274. The molecule has 2 atom stereocenters. The zero-order valence-corrected chi connectivity index (χ0v) is 11.6. The second kappa shape index (κ2) is 4.36. The molecule has 2 N–H and O–H groups in total. The van der Waals surface area contributed by atoms with Crippen LogP contribution in [0.5, 0.6) is 0 Å². The van der Waals surface area contributed by atoms with Crippen LogP contribution in [-0.4, -0.2) is 17.6 Å². The molecular formula is C16H15NO4. The Kier molecular flexibility index (Phi) is 2.59. The van der Waals surface area contributed by atoms with E-state index in [2.05, 4.69) is 5.32 Å². The summed E-state index contributed by atoms with van der Waals surface area (Å²) in [6.45, 7) is 2.49.